The lowest BCUT2D eigenvalue weighted by atomic mass is 9.92. The summed E-state index contributed by atoms with van der Waals surface area (Å²) >= 11 is 0. The lowest BCUT2D eigenvalue weighted by Crippen LogP contribution is -2.31. The lowest BCUT2D eigenvalue weighted by molar-refractivity contribution is -0.153. The molecular formula is C18H30O4. The summed E-state index contributed by atoms with van der Waals surface area (Å²) < 4.78 is 5.27. The molecule has 0 aromatic heterocycles. The average molecular weight is 310 g/mol. The molecule has 0 saturated heterocycles. The van der Waals surface area contributed by atoms with Crippen molar-refractivity contribution in [2.45, 2.75) is 90.3 Å². The van der Waals surface area contributed by atoms with Crippen LogP contribution in [0.3, 0.4) is 0 Å². The quantitative estimate of drug-likeness (QED) is 0.493. The van der Waals surface area contributed by atoms with Gasteiger partial charge < -0.3 is 9.84 Å². The first-order chi connectivity index (χ1) is 10.5. The molecule has 0 heterocycles. The van der Waals surface area contributed by atoms with Gasteiger partial charge in [0.1, 0.15) is 6.10 Å². The van der Waals surface area contributed by atoms with Crippen molar-refractivity contribution in [1.29, 1.82) is 0 Å². The molecule has 126 valence electrons. The normalized spacial score (nSPS) is 17.8. The second kappa shape index (κ2) is 10.5. The fourth-order valence-corrected chi connectivity index (χ4v) is 2.86. The van der Waals surface area contributed by atoms with Gasteiger partial charge in [-0.25, -0.2) is 0 Å². The molecule has 0 unspecified atom stereocenters. The van der Waals surface area contributed by atoms with Gasteiger partial charge in [0.05, 0.1) is 6.10 Å². The van der Waals surface area contributed by atoms with Crippen LogP contribution in [-0.4, -0.2) is 29.1 Å². The van der Waals surface area contributed by atoms with Crippen molar-refractivity contribution in [1.82, 2.24) is 0 Å². The first kappa shape index (κ1) is 18.9. The van der Waals surface area contributed by atoms with Crippen LogP contribution in [0.25, 0.3) is 0 Å². The SMILES string of the molecule is CCCCCC[C@H](OC(C)=O)[C@@H](O)CCC1=CCCCC1=O. The third kappa shape index (κ3) is 7.21. The lowest BCUT2D eigenvalue weighted by Gasteiger charge is -2.23. The number of ketones is 1. The number of hydrogen-bond acceptors (Lipinski definition) is 4. The standard InChI is InChI=1S/C18H30O4/c1-3-4-5-6-11-18(22-14(2)19)17(21)13-12-15-9-7-8-10-16(15)20/h9,17-18,21H,3-8,10-13H2,1-2H3/t17-,18-/m0/s1. The van der Waals surface area contributed by atoms with E-state index < -0.39 is 12.2 Å². The number of rotatable bonds is 10. The summed E-state index contributed by atoms with van der Waals surface area (Å²) in [6, 6.07) is 0. The number of allylic oxidation sites excluding steroid dienone is 2. The monoisotopic (exact) mass is 310 g/mol. The molecule has 1 aliphatic rings. The summed E-state index contributed by atoms with van der Waals surface area (Å²) in [6.07, 6.45) is 9.42. The van der Waals surface area contributed by atoms with Crippen LogP contribution < -0.4 is 0 Å². The molecule has 1 rings (SSSR count). The van der Waals surface area contributed by atoms with E-state index in [9.17, 15) is 14.7 Å². The van der Waals surface area contributed by atoms with Gasteiger partial charge in [-0.1, -0.05) is 32.3 Å². The zero-order valence-electron chi connectivity index (χ0n) is 14.0. The fraction of sp³-hybridized carbons (Fsp3) is 0.778. The van der Waals surface area contributed by atoms with Crippen LogP contribution in [0.15, 0.2) is 11.6 Å². The van der Waals surface area contributed by atoms with Crippen LogP contribution in [0, 0.1) is 0 Å². The molecule has 2 atom stereocenters. The van der Waals surface area contributed by atoms with Crippen molar-refractivity contribution >= 4 is 11.8 Å². The molecule has 22 heavy (non-hydrogen) atoms. The Kier molecular flexibility index (Phi) is 9.05. The summed E-state index contributed by atoms with van der Waals surface area (Å²) in [5.74, 6) is -0.155. The molecule has 4 nitrogen and oxygen atoms in total. The molecule has 0 saturated carbocycles. The molecule has 0 aromatic rings. The number of ether oxygens (including phenoxy) is 1. The summed E-state index contributed by atoms with van der Waals surface area (Å²) in [4.78, 5) is 23.0. The third-order valence-electron chi connectivity index (χ3n) is 4.15. The van der Waals surface area contributed by atoms with Crippen molar-refractivity contribution in [2.24, 2.45) is 0 Å². The van der Waals surface area contributed by atoms with Crippen LogP contribution in [0.4, 0.5) is 0 Å². The number of carbonyl (C=O) groups excluding carboxylic acids is 2. The average Bonchev–Trinajstić information content (AvgIpc) is 2.49. The Morgan fingerprint density at radius 3 is 2.73 bits per heavy atom. The van der Waals surface area contributed by atoms with Gasteiger partial charge >= 0.3 is 5.97 Å². The number of carbonyl (C=O) groups is 2. The second-order valence-corrected chi connectivity index (χ2v) is 6.15. The minimum absolute atomic E-state index is 0.199. The van der Waals surface area contributed by atoms with Crippen molar-refractivity contribution in [2.75, 3.05) is 0 Å². The smallest absolute Gasteiger partial charge is 0.302 e. The van der Waals surface area contributed by atoms with Gasteiger partial charge in [0, 0.05) is 13.3 Å². The largest absolute Gasteiger partial charge is 0.460 e. The minimum Gasteiger partial charge on any atom is -0.460 e. The van der Waals surface area contributed by atoms with Gasteiger partial charge in [0.15, 0.2) is 5.78 Å². The van der Waals surface area contributed by atoms with Crippen LogP contribution >= 0.6 is 0 Å². The Morgan fingerprint density at radius 2 is 2.09 bits per heavy atom. The Hall–Kier alpha value is -1.16. The zero-order valence-corrected chi connectivity index (χ0v) is 14.0. The summed E-state index contributed by atoms with van der Waals surface area (Å²) in [5.41, 5.74) is 0.831. The first-order valence-corrected chi connectivity index (χ1v) is 8.62. The van der Waals surface area contributed by atoms with Gasteiger partial charge in [-0.2, -0.15) is 0 Å². The second-order valence-electron chi connectivity index (χ2n) is 6.15. The van der Waals surface area contributed by atoms with Crippen LogP contribution in [0.1, 0.15) is 78.1 Å². The number of hydrogen-bond donors (Lipinski definition) is 1. The number of unbranched alkanes of at least 4 members (excludes halogenated alkanes) is 3. The fourth-order valence-electron chi connectivity index (χ4n) is 2.86. The van der Waals surface area contributed by atoms with Crippen LogP contribution in [0.2, 0.25) is 0 Å². The number of aliphatic hydroxyl groups excluding tert-OH is 1. The Labute approximate surface area is 133 Å². The van der Waals surface area contributed by atoms with E-state index in [0.29, 0.717) is 25.7 Å². The summed E-state index contributed by atoms with van der Waals surface area (Å²) in [7, 11) is 0. The molecule has 0 spiro atoms. The van der Waals surface area contributed by atoms with Crippen LogP contribution in [0.5, 0.6) is 0 Å². The van der Waals surface area contributed by atoms with E-state index in [4.69, 9.17) is 4.74 Å². The molecular weight excluding hydrogens is 280 g/mol. The van der Waals surface area contributed by atoms with Gasteiger partial charge in [0.25, 0.3) is 0 Å². The number of aliphatic hydroxyl groups is 1. The van der Waals surface area contributed by atoms with Gasteiger partial charge in [-0.05, 0) is 44.1 Å². The molecule has 0 radical (unpaired) electrons. The zero-order chi connectivity index (χ0) is 16.4. The maximum absolute atomic E-state index is 11.8. The molecule has 1 N–H and O–H groups in total. The maximum Gasteiger partial charge on any atom is 0.302 e. The highest BCUT2D eigenvalue weighted by Crippen LogP contribution is 2.22. The number of esters is 1. The van der Waals surface area contributed by atoms with E-state index in [2.05, 4.69) is 6.92 Å². The molecule has 0 amide bonds. The predicted octanol–water partition coefficient (Wildman–Crippen LogP) is 3.71. The Bertz CT molecular complexity index is 387. The molecule has 0 bridgehead atoms. The molecule has 0 fully saturated rings. The van der Waals surface area contributed by atoms with E-state index in [-0.39, 0.29) is 11.8 Å². The number of Topliss-reactive ketones (excluding diaryl/α,β-unsaturated/α-hetero) is 1. The highest BCUT2D eigenvalue weighted by atomic mass is 16.6. The maximum atomic E-state index is 11.8. The van der Waals surface area contributed by atoms with Crippen molar-refractivity contribution in [3.8, 4) is 0 Å². The van der Waals surface area contributed by atoms with Gasteiger partial charge in [-0.15, -0.1) is 0 Å². The predicted molar refractivity (Wildman–Crippen MR) is 86.5 cm³/mol. The molecule has 1 aliphatic carbocycles. The molecule has 0 aliphatic heterocycles. The van der Waals surface area contributed by atoms with E-state index in [1.165, 1.54) is 6.92 Å². The first-order valence-electron chi connectivity index (χ1n) is 8.62. The third-order valence-corrected chi connectivity index (χ3v) is 4.15. The summed E-state index contributed by atoms with van der Waals surface area (Å²) in [5, 5.41) is 10.3. The molecule has 0 aromatic carbocycles. The van der Waals surface area contributed by atoms with Gasteiger partial charge in [0.2, 0.25) is 0 Å². The van der Waals surface area contributed by atoms with E-state index >= 15 is 0 Å². The highest BCUT2D eigenvalue weighted by Gasteiger charge is 2.23. The Balaban J connectivity index is 2.44. The van der Waals surface area contributed by atoms with Crippen molar-refractivity contribution < 1.29 is 19.4 Å². The van der Waals surface area contributed by atoms with Crippen molar-refractivity contribution in [3.63, 3.8) is 0 Å². The molecule has 4 heteroatoms. The van der Waals surface area contributed by atoms with Crippen molar-refractivity contribution in [3.05, 3.63) is 11.6 Å². The Morgan fingerprint density at radius 1 is 1.32 bits per heavy atom. The van der Waals surface area contributed by atoms with E-state index in [0.717, 1.165) is 44.1 Å². The van der Waals surface area contributed by atoms with E-state index in [1.54, 1.807) is 0 Å². The highest BCUT2D eigenvalue weighted by molar-refractivity contribution is 5.95. The minimum atomic E-state index is -0.693. The summed E-state index contributed by atoms with van der Waals surface area (Å²) in [6.45, 7) is 3.52. The topological polar surface area (TPSA) is 63.6 Å². The van der Waals surface area contributed by atoms with Crippen LogP contribution in [-0.2, 0) is 14.3 Å². The van der Waals surface area contributed by atoms with Gasteiger partial charge in [-0.3, -0.25) is 9.59 Å². The van der Waals surface area contributed by atoms with E-state index in [1.807, 2.05) is 6.08 Å².